The Morgan fingerprint density at radius 3 is 2.59 bits per heavy atom. The lowest BCUT2D eigenvalue weighted by Crippen LogP contribution is -2.20. The van der Waals surface area contributed by atoms with Gasteiger partial charge in [0.15, 0.2) is 0 Å². The molecule has 5 nitrogen and oxygen atoms in total. The van der Waals surface area contributed by atoms with Crippen LogP contribution in [0.1, 0.15) is 11.1 Å². The van der Waals surface area contributed by atoms with E-state index in [1.54, 1.807) is 6.07 Å². The molecule has 1 heterocycles. The quantitative estimate of drug-likeness (QED) is 0.831. The van der Waals surface area contributed by atoms with E-state index in [1.807, 2.05) is 0 Å². The smallest absolute Gasteiger partial charge is 0.387 e. The maximum atomic E-state index is 12.1. The summed E-state index contributed by atoms with van der Waals surface area (Å²) in [6, 6.07) is 3.04. The van der Waals surface area contributed by atoms with Crippen LogP contribution in [0.25, 0.3) is 0 Å². The Labute approximate surface area is 94.8 Å². The summed E-state index contributed by atoms with van der Waals surface area (Å²) in [5, 5.41) is 8.55. The van der Waals surface area contributed by atoms with E-state index in [1.165, 1.54) is 6.07 Å². The Morgan fingerprint density at radius 2 is 2.12 bits per heavy atom. The number of pyridine rings is 1. The number of hydrogen-bond donors (Lipinski definition) is 2. The molecule has 0 spiro atoms. The van der Waals surface area contributed by atoms with Gasteiger partial charge in [-0.05, 0) is 11.6 Å². The average molecular weight is 246 g/mol. The second-order valence-corrected chi connectivity index (χ2v) is 3.08. The number of nitrogens with two attached hydrogens (primary N) is 2. The van der Waals surface area contributed by atoms with Gasteiger partial charge in [0.1, 0.15) is 5.82 Å². The summed E-state index contributed by atoms with van der Waals surface area (Å²) < 4.78 is 40.0. The first kappa shape index (κ1) is 13.1. The van der Waals surface area contributed by atoms with Crippen LogP contribution in [0.5, 0.6) is 5.88 Å². The molecule has 4 N–H and O–H groups in total. The molecule has 0 saturated carbocycles. The van der Waals surface area contributed by atoms with Crippen molar-refractivity contribution >= 4 is 5.82 Å². The molecule has 1 aromatic heterocycles. The van der Waals surface area contributed by atoms with Gasteiger partial charge < -0.3 is 16.2 Å². The van der Waals surface area contributed by atoms with Crippen molar-refractivity contribution in [2.75, 3.05) is 5.73 Å². The van der Waals surface area contributed by atoms with Crippen molar-refractivity contribution in [3.63, 3.8) is 0 Å². The zero-order chi connectivity index (χ0) is 13.1. The number of nitriles is 1. The minimum Gasteiger partial charge on any atom is -0.387 e. The molecular weight excluding hydrogens is 237 g/mol. The first-order valence-electron chi connectivity index (χ1n) is 4.48. The molecule has 92 valence electrons. The van der Waals surface area contributed by atoms with Crippen molar-refractivity contribution in [3.8, 4) is 11.9 Å². The molecule has 0 aliphatic rings. The number of halogens is 3. The fourth-order valence-electron chi connectivity index (χ4n) is 1.26. The van der Waals surface area contributed by atoms with Crippen LogP contribution in [0.4, 0.5) is 19.0 Å². The van der Waals surface area contributed by atoms with E-state index in [9.17, 15) is 13.2 Å². The lowest BCUT2D eigenvalue weighted by Gasteiger charge is -2.14. The molecule has 0 bridgehead atoms. The summed E-state index contributed by atoms with van der Waals surface area (Å²) in [5.41, 5.74) is 11.0. The Hall–Kier alpha value is -2.01. The lowest BCUT2D eigenvalue weighted by molar-refractivity contribution is -0.276. The van der Waals surface area contributed by atoms with Crippen LogP contribution in [-0.2, 0) is 13.0 Å². The number of nitrogens with zero attached hydrogens (tertiary/aromatic N) is 2. The number of ether oxygens (including phenoxy) is 1. The number of hydrogen-bond acceptors (Lipinski definition) is 5. The van der Waals surface area contributed by atoms with E-state index in [-0.39, 0.29) is 24.3 Å². The average Bonchev–Trinajstić information content (AvgIpc) is 2.19. The number of alkyl halides is 3. The second-order valence-electron chi connectivity index (χ2n) is 3.08. The van der Waals surface area contributed by atoms with Crippen molar-refractivity contribution in [1.29, 1.82) is 5.26 Å². The van der Waals surface area contributed by atoms with Crippen LogP contribution in [0, 0.1) is 11.3 Å². The fourth-order valence-corrected chi connectivity index (χ4v) is 1.26. The third-order valence-corrected chi connectivity index (χ3v) is 1.89. The van der Waals surface area contributed by atoms with Crippen LogP contribution in [-0.4, -0.2) is 11.3 Å². The van der Waals surface area contributed by atoms with Crippen molar-refractivity contribution in [3.05, 3.63) is 17.2 Å². The maximum absolute atomic E-state index is 12.1. The van der Waals surface area contributed by atoms with E-state index < -0.39 is 12.2 Å². The van der Waals surface area contributed by atoms with E-state index >= 15 is 0 Å². The molecule has 0 aliphatic heterocycles. The lowest BCUT2D eigenvalue weighted by atomic mass is 10.1. The zero-order valence-corrected chi connectivity index (χ0v) is 8.58. The fraction of sp³-hybridized carbons (Fsp3) is 0.333. The Morgan fingerprint density at radius 1 is 1.47 bits per heavy atom. The highest BCUT2D eigenvalue weighted by Gasteiger charge is 2.33. The van der Waals surface area contributed by atoms with Gasteiger partial charge in [-0.25, -0.2) is 0 Å². The summed E-state index contributed by atoms with van der Waals surface area (Å²) in [5.74, 6) is -0.870. The van der Waals surface area contributed by atoms with Gasteiger partial charge in [0.05, 0.1) is 12.5 Å². The van der Waals surface area contributed by atoms with E-state index in [4.69, 9.17) is 16.7 Å². The Bertz CT molecular complexity index is 453. The molecule has 0 aliphatic carbocycles. The highest BCUT2D eigenvalue weighted by molar-refractivity contribution is 5.45. The molecular formula is C9H9F3N4O. The summed E-state index contributed by atoms with van der Waals surface area (Å²) in [7, 11) is 0. The van der Waals surface area contributed by atoms with Crippen LogP contribution in [0.2, 0.25) is 0 Å². The second kappa shape index (κ2) is 4.88. The van der Waals surface area contributed by atoms with Crippen molar-refractivity contribution < 1.29 is 17.9 Å². The SMILES string of the molecule is N#CCc1c(CN)cc(N)nc1OC(F)(F)F. The number of aromatic nitrogens is 1. The molecule has 8 heteroatoms. The predicted octanol–water partition coefficient (Wildman–Crippen LogP) is 1.09. The van der Waals surface area contributed by atoms with Crippen molar-refractivity contribution in [2.24, 2.45) is 5.73 Å². The third kappa shape index (κ3) is 3.49. The molecule has 0 amide bonds. The first-order chi connectivity index (χ1) is 7.87. The molecule has 1 aromatic rings. The van der Waals surface area contributed by atoms with Gasteiger partial charge in [0.2, 0.25) is 5.88 Å². The van der Waals surface area contributed by atoms with Crippen LogP contribution in [0.15, 0.2) is 6.07 Å². The molecule has 0 aromatic carbocycles. The monoisotopic (exact) mass is 246 g/mol. The molecule has 1 rings (SSSR count). The van der Waals surface area contributed by atoms with Gasteiger partial charge in [-0.1, -0.05) is 0 Å². The number of nitrogen functional groups attached to an aromatic ring is 1. The number of rotatable bonds is 3. The normalized spacial score (nSPS) is 11.0. The molecule has 17 heavy (non-hydrogen) atoms. The van der Waals surface area contributed by atoms with E-state index in [0.29, 0.717) is 5.56 Å². The summed E-state index contributed by atoms with van der Waals surface area (Å²) in [6.07, 6.45) is -5.18. The largest absolute Gasteiger partial charge is 0.574 e. The molecule has 0 radical (unpaired) electrons. The van der Waals surface area contributed by atoms with Crippen LogP contribution < -0.4 is 16.2 Å². The van der Waals surface area contributed by atoms with Gasteiger partial charge >= 0.3 is 6.36 Å². The van der Waals surface area contributed by atoms with Crippen molar-refractivity contribution in [2.45, 2.75) is 19.3 Å². The standard InChI is InChI=1S/C9H9F3N4O/c10-9(11,12)17-8-6(1-2-13)5(4-14)3-7(15)16-8/h3H,1,4,14H2,(H2,15,16). The summed E-state index contributed by atoms with van der Waals surface area (Å²) >= 11 is 0. The van der Waals surface area contributed by atoms with Gasteiger partial charge in [-0.3, -0.25) is 0 Å². The molecule has 0 atom stereocenters. The number of anilines is 1. The molecule has 0 saturated heterocycles. The van der Waals surface area contributed by atoms with E-state index in [2.05, 4.69) is 9.72 Å². The highest BCUT2D eigenvalue weighted by atomic mass is 19.4. The van der Waals surface area contributed by atoms with E-state index in [0.717, 1.165) is 0 Å². The maximum Gasteiger partial charge on any atom is 0.574 e. The Balaban J connectivity index is 3.26. The molecule has 0 fully saturated rings. The third-order valence-electron chi connectivity index (χ3n) is 1.89. The van der Waals surface area contributed by atoms with Crippen LogP contribution >= 0.6 is 0 Å². The van der Waals surface area contributed by atoms with Gasteiger partial charge in [0, 0.05) is 12.1 Å². The van der Waals surface area contributed by atoms with Gasteiger partial charge in [-0.2, -0.15) is 10.2 Å². The minimum atomic E-state index is -4.89. The van der Waals surface area contributed by atoms with Gasteiger partial charge in [0.25, 0.3) is 0 Å². The zero-order valence-electron chi connectivity index (χ0n) is 8.58. The minimum absolute atomic E-state index is 0.00141. The first-order valence-corrected chi connectivity index (χ1v) is 4.48. The van der Waals surface area contributed by atoms with Crippen molar-refractivity contribution in [1.82, 2.24) is 4.98 Å². The van der Waals surface area contributed by atoms with Gasteiger partial charge in [-0.15, -0.1) is 13.2 Å². The Kier molecular flexibility index (Phi) is 3.75. The highest BCUT2D eigenvalue weighted by Crippen LogP contribution is 2.28. The predicted molar refractivity (Wildman–Crippen MR) is 52.5 cm³/mol. The molecule has 0 unspecified atom stereocenters. The van der Waals surface area contributed by atoms with Crippen LogP contribution in [0.3, 0.4) is 0 Å². The topological polar surface area (TPSA) is 98.0 Å². The summed E-state index contributed by atoms with van der Waals surface area (Å²) in [6.45, 7) is -0.0576. The summed E-state index contributed by atoms with van der Waals surface area (Å²) in [4.78, 5) is 3.41.